The molecule has 1 rings (SSSR count). The third-order valence-corrected chi connectivity index (χ3v) is 4.18. The number of unbranched alkanes of at least 4 members (excludes halogenated alkanes) is 4. The third kappa shape index (κ3) is 4.99. The van der Waals surface area contributed by atoms with Crippen LogP contribution in [0.25, 0.3) is 0 Å². The summed E-state index contributed by atoms with van der Waals surface area (Å²) in [7, 11) is 1.85. The largest absolute Gasteiger partial charge is 0.381 e. The second-order valence-corrected chi connectivity index (χ2v) is 6.01. The Morgan fingerprint density at radius 3 is 2.21 bits per heavy atom. The van der Waals surface area contributed by atoms with Crippen LogP contribution in [-0.2, 0) is 10.2 Å². The average Bonchev–Trinajstić information content (AvgIpc) is 2.43. The van der Waals surface area contributed by atoms with Gasteiger partial charge in [-0.15, -0.1) is 0 Å². The minimum absolute atomic E-state index is 0.0841. The predicted octanol–water partition coefficient (Wildman–Crippen LogP) is 5.34. The van der Waals surface area contributed by atoms with Crippen LogP contribution in [0.2, 0.25) is 0 Å². The topological polar surface area (TPSA) is 9.23 Å². The molecule has 1 aromatic carbocycles. The van der Waals surface area contributed by atoms with Crippen LogP contribution in [-0.4, -0.2) is 13.2 Å². The van der Waals surface area contributed by atoms with Gasteiger partial charge < -0.3 is 4.74 Å². The molecule has 0 saturated carbocycles. The first-order valence-electron chi connectivity index (χ1n) is 7.71. The van der Waals surface area contributed by atoms with E-state index in [9.17, 15) is 0 Å². The lowest BCUT2D eigenvalue weighted by Gasteiger charge is -2.34. The summed E-state index contributed by atoms with van der Waals surface area (Å²) in [5.41, 5.74) is 1.45. The summed E-state index contributed by atoms with van der Waals surface area (Å²) < 4.78 is 5.78. The molecular formula is C18H30O. The second kappa shape index (κ2) is 8.37. The maximum Gasteiger partial charge on any atom is 0.0662 e. The standard InChI is InChI=1S/C18H30O/c1-5-6-7-8-12-15-17(19-4)18(2,3)16-13-10-9-11-14-16/h9-11,13-14,17H,5-8,12,15H2,1-4H3. The average molecular weight is 262 g/mol. The van der Waals surface area contributed by atoms with E-state index in [4.69, 9.17) is 4.74 Å². The molecule has 1 atom stereocenters. The molecule has 1 heteroatoms. The Bertz CT molecular complexity index is 329. The van der Waals surface area contributed by atoms with E-state index in [0.29, 0.717) is 6.10 Å². The van der Waals surface area contributed by atoms with Crippen molar-refractivity contribution < 1.29 is 4.74 Å². The van der Waals surface area contributed by atoms with Crippen LogP contribution >= 0.6 is 0 Å². The van der Waals surface area contributed by atoms with Gasteiger partial charge in [0.15, 0.2) is 0 Å². The summed E-state index contributed by atoms with van der Waals surface area (Å²) in [5.74, 6) is 0. The summed E-state index contributed by atoms with van der Waals surface area (Å²) in [4.78, 5) is 0. The molecule has 108 valence electrons. The van der Waals surface area contributed by atoms with E-state index < -0.39 is 0 Å². The molecule has 0 heterocycles. The Kier molecular flexibility index (Phi) is 7.15. The number of ether oxygens (including phenoxy) is 1. The van der Waals surface area contributed by atoms with Gasteiger partial charge in [-0.2, -0.15) is 0 Å². The van der Waals surface area contributed by atoms with Gasteiger partial charge in [-0.3, -0.25) is 0 Å². The quantitative estimate of drug-likeness (QED) is 0.546. The van der Waals surface area contributed by atoms with Gasteiger partial charge in [-0.25, -0.2) is 0 Å². The highest BCUT2D eigenvalue weighted by molar-refractivity contribution is 5.25. The van der Waals surface area contributed by atoms with E-state index in [1.54, 1.807) is 0 Å². The Balaban J connectivity index is 2.53. The van der Waals surface area contributed by atoms with Gasteiger partial charge in [-0.05, 0) is 12.0 Å². The summed E-state index contributed by atoms with van der Waals surface area (Å²) >= 11 is 0. The Hall–Kier alpha value is -0.820. The fraction of sp³-hybridized carbons (Fsp3) is 0.667. The SMILES string of the molecule is CCCCCCCC(OC)C(C)(C)c1ccccc1. The molecule has 0 radical (unpaired) electrons. The van der Waals surface area contributed by atoms with Crippen molar-refractivity contribution in [2.75, 3.05) is 7.11 Å². The molecule has 1 aromatic rings. The zero-order valence-electron chi connectivity index (χ0n) is 13.1. The number of benzene rings is 1. The first-order chi connectivity index (χ1) is 9.12. The Morgan fingerprint density at radius 2 is 1.63 bits per heavy atom. The lowest BCUT2D eigenvalue weighted by molar-refractivity contribution is 0.0371. The lowest BCUT2D eigenvalue weighted by atomic mass is 9.77. The third-order valence-electron chi connectivity index (χ3n) is 4.18. The zero-order chi connectivity index (χ0) is 14.1. The molecule has 0 amide bonds. The normalized spacial score (nSPS) is 13.5. The van der Waals surface area contributed by atoms with Crippen LogP contribution in [0.4, 0.5) is 0 Å². The Labute approximate surface area is 119 Å². The highest BCUT2D eigenvalue weighted by Gasteiger charge is 2.30. The molecule has 0 bridgehead atoms. The van der Waals surface area contributed by atoms with Crippen molar-refractivity contribution in [1.29, 1.82) is 0 Å². The van der Waals surface area contributed by atoms with E-state index in [2.05, 4.69) is 51.1 Å². The van der Waals surface area contributed by atoms with Crippen LogP contribution in [0.3, 0.4) is 0 Å². The van der Waals surface area contributed by atoms with E-state index in [1.165, 1.54) is 37.7 Å². The van der Waals surface area contributed by atoms with Gasteiger partial charge >= 0.3 is 0 Å². The minimum Gasteiger partial charge on any atom is -0.381 e. The lowest BCUT2D eigenvalue weighted by Crippen LogP contribution is -2.35. The maximum absolute atomic E-state index is 5.78. The van der Waals surface area contributed by atoms with Crippen molar-refractivity contribution in [3.05, 3.63) is 35.9 Å². The molecule has 1 unspecified atom stereocenters. The van der Waals surface area contributed by atoms with E-state index >= 15 is 0 Å². The minimum atomic E-state index is 0.0841. The molecule has 0 aliphatic rings. The fourth-order valence-corrected chi connectivity index (χ4v) is 2.76. The molecule has 0 aliphatic heterocycles. The molecule has 0 aromatic heterocycles. The van der Waals surface area contributed by atoms with Gasteiger partial charge in [0.05, 0.1) is 6.10 Å². The molecule has 0 fully saturated rings. The summed E-state index contributed by atoms with van der Waals surface area (Å²) in [5, 5.41) is 0. The number of rotatable bonds is 9. The van der Waals surface area contributed by atoms with Gasteiger partial charge in [0.25, 0.3) is 0 Å². The molecule has 19 heavy (non-hydrogen) atoms. The molecule has 0 saturated heterocycles. The smallest absolute Gasteiger partial charge is 0.0662 e. The van der Waals surface area contributed by atoms with Crippen LogP contribution in [0.5, 0.6) is 0 Å². The highest BCUT2D eigenvalue weighted by atomic mass is 16.5. The van der Waals surface area contributed by atoms with Crippen molar-refractivity contribution in [3.63, 3.8) is 0 Å². The first-order valence-corrected chi connectivity index (χ1v) is 7.71. The molecule has 1 nitrogen and oxygen atoms in total. The van der Waals surface area contributed by atoms with E-state index in [1.807, 2.05) is 7.11 Å². The van der Waals surface area contributed by atoms with Gasteiger partial charge in [0.1, 0.15) is 0 Å². The monoisotopic (exact) mass is 262 g/mol. The van der Waals surface area contributed by atoms with E-state index in [-0.39, 0.29) is 5.41 Å². The van der Waals surface area contributed by atoms with Gasteiger partial charge in [0.2, 0.25) is 0 Å². The molecule has 0 N–H and O–H groups in total. The van der Waals surface area contributed by atoms with Crippen LogP contribution in [0.1, 0.15) is 64.9 Å². The number of hydrogen-bond donors (Lipinski definition) is 0. The van der Waals surface area contributed by atoms with E-state index in [0.717, 1.165) is 6.42 Å². The van der Waals surface area contributed by atoms with Crippen molar-refractivity contribution in [2.45, 2.75) is 70.8 Å². The fourth-order valence-electron chi connectivity index (χ4n) is 2.76. The number of hydrogen-bond acceptors (Lipinski definition) is 1. The summed E-state index contributed by atoms with van der Waals surface area (Å²) in [6, 6.07) is 10.7. The molecular weight excluding hydrogens is 232 g/mol. The van der Waals surface area contributed by atoms with Gasteiger partial charge in [-0.1, -0.05) is 83.2 Å². The zero-order valence-corrected chi connectivity index (χ0v) is 13.1. The summed E-state index contributed by atoms with van der Waals surface area (Å²) in [6.45, 7) is 6.85. The second-order valence-electron chi connectivity index (χ2n) is 6.01. The van der Waals surface area contributed by atoms with Crippen molar-refractivity contribution in [3.8, 4) is 0 Å². The van der Waals surface area contributed by atoms with Crippen molar-refractivity contribution >= 4 is 0 Å². The van der Waals surface area contributed by atoms with Crippen LogP contribution in [0.15, 0.2) is 30.3 Å². The first kappa shape index (κ1) is 16.2. The van der Waals surface area contributed by atoms with Gasteiger partial charge in [0, 0.05) is 12.5 Å². The predicted molar refractivity (Wildman–Crippen MR) is 83.6 cm³/mol. The van der Waals surface area contributed by atoms with Crippen LogP contribution in [0, 0.1) is 0 Å². The molecule has 0 spiro atoms. The van der Waals surface area contributed by atoms with Crippen molar-refractivity contribution in [1.82, 2.24) is 0 Å². The summed E-state index contributed by atoms with van der Waals surface area (Å²) in [6.07, 6.45) is 8.09. The molecule has 0 aliphatic carbocycles. The highest BCUT2D eigenvalue weighted by Crippen LogP contribution is 2.31. The van der Waals surface area contributed by atoms with Crippen LogP contribution < -0.4 is 0 Å². The number of methoxy groups -OCH3 is 1. The van der Waals surface area contributed by atoms with Crippen molar-refractivity contribution in [2.24, 2.45) is 0 Å². The maximum atomic E-state index is 5.78. The Morgan fingerprint density at radius 1 is 1.00 bits per heavy atom.